The summed E-state index contributed by atoms with van der Waals surface area (Å²) in [6.45, 7) is 0.593. The average molecular weight is 383 g/mol. The topological polar surface area (TPSA) is 66.9 Å². The third kappa shape index (κ3) is 4.17. The Hall–Kier alpha value is -2.73. The summed E-state index contributed by atoms with van der Waals surface area (Å²) < 4.78 is 0.815. The van der Waals surface area contributed by atoms with Crippen molar-refractivity contribution in [3.05, 3.63) is 82.6 Å². The monoisotopic (exact) mass is 382 g/mol. The summed E-state index contributed by atoms with van der Waals surface area (Å²) in [5, 5.41) is 5.94. The van der Waals surface area contributed by atoms with Gasteiger partial charge in [-0.15, -0.1) is 0 Å². The number of nitrogens with zero attached hydrogens (tertiary/aromatic N) is 2. The van der Waals surface area contributed by atoms with E-state index in [0.717, 1.165) is 10.0 Å². The highest BCUT2D eigenvalue weighted by molar-refractivity contribution is 9.10. The fourth-order valence-corrected chi connectivity index (χ4v) is 2.48. The Balaban J connectivity index is 1.68. The fraction of sp³-hybridized carbons (Fsp3) is 0.0556. The molecule has 6 heteroatoms. The summed E-state index contributed by atoms with van der Waals surface area (Å²) in [7, 11) is 0. The quantitative estimate of drug-likeness (QED) is 0.696. The van der Waals surface area contributed by atoms with Gasteiger partial charge in [-0.1, -0.05) is 42.5 Å². The van der Waals surface area contributed by atoms with E-state index in [0.29, 0.717) is 23.9 Å². The first-order valence-corrected chi connectivity index (χ1v) is 8.18. The number of para-hydroxylation sites is 1. The molecule has 0 aliphatic heterocycles. The number of carbonyl (C=O) groups excluding carboxylic acids is 1. The van der Waals surface area contributed by atoms with Crippen LogP contribution in [0, 0.1) is 0 Å². The molecule has 0 spiro atoms. The Morgan fingerprint density at radius 2 is 1.75 bits per heavy atom. The number of nitrogens with one attached hydrogen (secondary N) is 2. The van der Waals surface area contributed by atoms with E-state index in [1.165, 1.54) is 0 Å². The van der Waals surface area contributed by atoms with Crippen LogP contribution in [0.25, 0.3) is 0 Å². The van der Waals surface area contributed by atoms with Crippen LogP contribution in [0.4, 0.5) is 11.6 Å². The minimum absolute atomic E-state index is 0.285. The lowest BCUT2D eigenvalue weighted by Crippen LogP contribution is -2.15. The molecule has 0 unspecified atom stereocenters. The van der Waals surface area contributed by atoms with Crippen LogP contribution in [0.5, 0.6) is 0 Å². The van der Waals surface area contributed by atoms with Gasteiger partial charge < -0.3 is 10.6 Å². The van der Waals surface area contributed by atoms with Gasteiger partial charge >= 0.3 is 0 Å². The second-order valence-electron chi connectivity index (χ2n) is 5.04. The Labute approximate surface area is 148 Å². The number of amides is 1. The second-order valence-corrected chi connectivity index (χ2v) is 5.89. The molecule has 0 aliphatic carbocycles. The first kappa shape index (κ1) is 16.1. The molecule has 1 heterocycles. The lowest BCUT2D eigenvalue weighted by atomic mass is 10.2. The molecule has 1 amide bonds. The molecule has 2 N–H and O–H groups in total. The molecule has 1 aromatic heterocycles. The van der Waals surface area contributed by atoms with Crippen LogP contribution < -0.4 is 10.6 Å². The van der Waals surface area contributed by atoms with E-state index in [-0.39, 0.29) is 5.91 Å². The zero-order chi connectivity index (χ0) is 16.8. The predicted octanol–water partition coefficient (Wildman–Crippen LogP) is 4.10. The van der Waals surface area contributed by atoms with Gasteiger partial charge in [0.1, 0.15) is 5.69 Å². The van der Waals surface area contributed by atoms with Crippen LogP contribution in [0.15, 0.2) is 71.3 Å². The average Bonchev–Trinajstić information content (AvgIpc) is 2.63. The van der Waals surface area contributed by atoms with E-state index in [4.69, 9.17) is 0 Å². The molecule has 24 heavy (non-hydrogen) atoms. The molecule has 5 nitrogen and oxygen atoms in total. The van der Waals surface area contributed by atoms with Gasteiger partial charge in [0.2, 0.25) is 5.95 Å². The summed E-state index contributed by atoms with van der Waals surface area (Å²) >= 11 is 3.40. The van der Waals surface area contributed by atoms with E-state index in [9.17, 15) is 4.79 Å². The molecule has 2 aromatic carbocycles. The first-order valence-electron chi connectivity index (χ1n) is 7.39. The summed E-state index contributed by atoms with van der Waals surface area (Å²) in [6, 6.07) is 18.9. The highest BCUT2D eigenvalue weighted by atomic mass is 79.9. The smallest absolute Gasteiger partial charge is 0.274 e. The van der Waals surface area contributed by atoms with E-state index < -0.39 is 0 Å². The summed E-state index contributed by atoms with van der Waals surface area (Å²) in [6.07, 6.45) is 1.56. The van der Waals surface area contributed by atoms with Crippen LogP contribution in [-0.4, -0.2) is 15.9 Å². The lowest BCUT2D eigenvalue weighted by Gasteiger charge is -2.08. The van der Waals surface area contributed by atoms with E-state index >= 15 is 0 Å². The van der Waals surface area contributed by atoms with Crippen molar-refractivity contribution in [2.75, 3.05) is 10.6 Å². The summed E-state index contributed by atoms with van der Waals surface area (Å²) in [5.41, 5.74) is 2.11. The molecule has 0 fully saturated rings. The second kappa shape index (κ2) is 7.70. The van der Waals surface area contributed by atoms with Gasteiger partial charge in [0.15, 0.2) is 0 Å². The third-order valence-electron chi connectivity index (χ3n) is 3.30. The Morgan fingerprint density at radius 1 is 1.00 bits per heavy atom. The first-order chi connectivity index (χ1) is 11.7. The van der Waals surface area contributed by atoms with Crippen LogP contribution in [-0.2, 0) is 6.54 Å². The molecule has 0 saturated heterocycles. The summed E-state index contributed by atoms with van der Waals surface area (Å²) in [5.74, 6) is 0.130. The zero-order valence-corrected chi connectivity index (χ0v) is 14.3. The van der Waals surface area contributed by atoms with Crippen molar-refractivity contribution in [2.45, 2.75) is 6.54 Å². The maximum atomic E-state index is 12.3. The highest BCUT2D eigenvalue weighted by Crippen LogP contribution is 2.21. The minimum atomic E-state index is -0.285. The molecule has 0 saturated carbocycles. The van der Waals surface area contributed by atoms with Gasteiger partial charge in [-0.3, -0.25) is 4.79 Å². The molecular weight excluding hydrogens is 368 g/mol. The number of anilines is 2. The van der Waals surface area contributed by atoms with Crippen molar-refractivity contribution >= 4 is 33.5 Å². The van der Waals surface area contributed by atoms with Crippen molar-refractivity contribution in [3.63, 3.8) is 0 Å². The van der Waals surface area contributed by atoms with Crippen molar-refractivity contribution < 1.29 is 4.79 Å². The molecule has 3 rings (SSSR count). The van der Waals surface area contributed by atoms with Crippen molar-refractivity contribution in [3.8, 4) is 0 Å². The molecule has 0 atom stereocenters. The maximum absolute atomic E-state index is 12.3. The molecular formula is C18H15BrN4O. The largest absolute Gasteiger partial charge is 0.350 e. The van der Waals surface area contributed by atoms with Crippen LogP contribution in [0.2, 0.25) is 0 Å². The molecule has 3 aromatic rings. The standard InChI is InChI=1S/C18H15BrN4O/c19-14-8-4-5-9-15(14)22-17(24)16-10-11-20-18(23-16)21-12-13-6-2-1-3-7-13/h1-11H,12H2,(H,22,24)(H,20,21,23). The van der Waals surface area contributed by atoms with E-state index in [1.54, 1.807) is 12.3 Å². The number of carbonyl (C=O) groups is 1. The molecule has 120 valence electrons. The van der Waals surface area contributed by atoms with Crippen LogP contribution in [0.3, 0.4) is 0 Å². The van der Waals surface area contributed by atoms with Gasteiger partial charge in [0.05, 0.1) is 5.69 Å². The lowest BCUT2D eigenvalue weighted by molar-refractivity contribution is 0.102. The number of halogens is 1. The number of aromatic nitrogens is 2. The van der Waals surface area contributed by atoms with E-state index in [2.05, 4.69) is 36.5 Å². The SMILES string of the molecule is O=C(Nc1ccccc1Br)c1ccnc(NCc2ccccc2)n1. The normalized spacial score (nSPS) is 10.2. The van der Waals surface area contributed by atoms with Crippen LogP contribution >= 0.6 is 15.9 Å². The van der Waals surface area contributed by atoms with Crippen LogP contribution in [0.1, 0.15) is 16.1 Å². The van der Waals surface area contributed by atoms with Gasteiger partial charge in [0.25, 0.3) is 5.91 Å². The number of hydrogen-bond acceptors (Lipinski definition) is 4. The fourth-order valence-electron chi connectivity index (χ4n) is 2.10. The van der Waals surface area contributed by atoms with Crippen molar-refractivity contribution in [1.82, 2.24) is 9.97 Å². The maximum Gasteiger partial charge on any atom is 0.274 e. The molecule has 0 radical (unpaired) electrons. The minimum Gasteiger partial charge on any atom is -0.350 e. The summed E-state index contributed by atoms with van der Waals surface area (Å²) in [4.78, 5) is 20.8. The Kier molecular flexibility index (Phi) is 5.18. The zero-order valence-electron chi connectivity index (χ0n) is 12.7. The van der Waals surface area contributed by atoms with E-state index in [1.807, 2.05) is 54.6 Å². The molecule has 0 bridgehead atoms. The number of rotatable bonds is 5. The number of benzene rings is 2. The van der Waals surface area contributed by atoms with Crippen molar-refractivity contribution in [2.24, 2.45) is 0 Å². The third-order valence-corrected chi connectivity index (χ3v) is 4.00. The van der Waals surface area contributed by atoms with Gasteiger partial charge in [-0.25, -0.2) is 9.97 Å². The highest BCUT2D eigenvalue weighted by Gasteiger charge is 2.10. The van der Waals surface area contributed by atoms with Gasteiger partial charge in [0, 0.05) is 17.2 Å². The van der Waals surface area contributed by atoms with Crippen molar-refractivity contribution in [1.29, 1.82) is 0 Å². The number of hydrogen-bond donors (Lipinski definition) is 2. The van der Waals surface area contributed by atoms with Gasteiger partial charge in [-0.05, 0) is 39.7 Å². The predicted molar refractivity (Wildman–Crippen MR) is 97.9 cm³/mol. The molecule has 0 aliphatic rings. The Bertz CT molecular complexity index is 839. The van der Waals surface area contributed by atoms with Gasteiger partial charge in [-0.2, -0.15) is 0 Å². The Morgan fingerprint density at radius 3 is 2.54 bits per heavy atom.